The molecule has 1 aliphatic rings. The number of benzene rings is 1. The SMILES string of the molecule is NCCCc1c(F)cc2c(=O)c(C(=O)O)cn(C3CC3)c2c1F. The molecule has 0 spiro atoms. The van der Waals surface area contributed by atoms with Crippen molar-refractivity contribution < 1.29 is 18.7 Å². The summed E-state index contributed by atoms with van der Waals surface area (Å²) in [5, 5.41) is 8.91. The molecule has 2 aromatic rings. The van der Waals surface area contributed by atoms with Gasteiger partial charge in [0, 0.05) is 17.8 Å². The van der Waals surface area contributed by atoms with Gasteiger partial charge >= 0.3 is 5.97 Å². The summed E-state index contributed by atoms with van der Waals surface area (Å²) in [5.41, 5.74) is 3.92. The number of carbonyl (C=O) groups is 1. The predicted molar refractivity (Wildman–Crippen MR) is 80.7 cm³/mol. The number of carboxylic acid groups (broad SMARTS) is 1. The van der Waals surface area contributed by atoms with Gasteiger partial charge in [0.15, 0.2) is 5.82 Å². The smallest absolute Gasteiger partial charge is 0.341 e. The van der Waals surface area contributed by atoms with Crippen LogP contribution in [0.25, 0.3) is 10.9 Å². The highest BCUT2D eigenvalue weighted by atomic mass is 19.1. The molecule has 0 amide bonds. The summed E-state index contributed by atoms with van der Waals surface area (Å²) in [5.74, 6) is -3.04. The van der Waals surface area contributed by atoms with E-state index in [1.165, 1.54) is 10.8 Å². The molecule has 0 atom stereocenters. The molecule has 3 rings (SSSR count). The van der Waals surface area contributed by atoms with Gasteiger partial charge < -0.3 is 15.4 Å². The molecule has 23 heavy (non-hydrogen) atoms. The molecule has 0 saturated heterocycles. The highest BCUT2D eigenvalue weighted by molar-refractivity contribution is 5.93. The van der Waals surface area contributed by atoms with Crippen molar-refractivity contribution in [2.24, 2.45) is 5.73 Å². The number of hydrogen-bond acceptors (Lipinski definition) is 3. The van der Waals surface area contributed by atoms with Crippen LogP contribution in [-0.4, -0.2) is 22.2 Å². The number of nitrogens with zero attached hydrogens (tertiary/aromatic N) is 1. The van der Waals surface area contributed by atoms with Crippen LogP contribution in [0.4, 0.5) is 8.78 Å². The first-order valence-corrected chi connectivity index (χ1v) is 7.44. The second kappa shape index (κ2) is 5.73. The Hall–Kier alpha value is -2.28. The van der Waals surface area contributed by atoms with Crippen LogP contribution in [0.1, 0.15) is 41.2 Å². The molecule has 5 nitrogen and oxygen atoms in total. The average Bonchev–Trinajstić information content (AvgIpc) is 3.32. The van der Waals surface area contributed by atoms with Crippen LogP contribution in [-0.2, 0) is 6.42 Å². The van der Waals surface area contributed by atoms with Crippen molar-refractivity contribution in [2.45, 2.75) is 31.7 Å². The van der Waals surface area contributed by atoms with Gasteiger partial charge in [-0.3, -0.25) is 4.79 Å². The van der Waals surface area contributed by atoms with Crippen LogP contribution in [0.15, 0.2) is 17.1 Å². The van der Waals surface area contributed by atoms with E-state index >= 15 is 0 Å². The second-order valence-corrected chi connectivity index (χ2v) is 5.75. The number of hydrogen-bond donors (Lipinski definition) is 2. The van der Waals surface area contributed by atoms with Gasteiger partial charge in [0.2, 0.25) is 5.43 Å². The zero-order chi connectivity index (χ0) is 16.7. The molecule has 3 N–H and O–H groups in total. The van der Waals surface area contributed by atoms with Crippen LogP contribution in [0.5, 0.6) is 0 Å². The van der Waals surface area contributed by atoms with Crippen molar-refractivity contribution in [1.82, 2.24) is 4.57 Å². The maximum atomic E-state index is 14.8. The third kappa shape index (κ3) is 2.61. The van der Waals surface area contributed by atoms with Gasteiger partial charge in [0.05, 0.1) is 10.9 Å². The third-order valence-corrected chi connectivity index (χ3v) is 4.10. The van der Waals surface area contributed by atoms with Crippen molar-refractivity contribution in [3.63, 3.8) is 0 Å². The number of rotatable bonds is 5. The maximum absolute atomic E-state index is 14.8. The highest BCUT2D eigenvalue weighted by Gasteiger charge is 2.29. The predicted octanol–water partition coefficient (Wildman–Crippen LogP) is 2.20. The first kappa shape index (κ1) is 15.6. The van der Waals surface area contributed by atoms with E-state index in [0.717, 1.165) is 18.9 Å². The van der Waals surface area contributed by atoms with Crippen molar-refractivity contribution in [3.05, 3.63) is 45.2 Å². The fourth-order valence-corrected chi connectivity index (χ4v) is 2.78. The van der Waals surface area contributed by atoms with E-state index in [4.69, 9.17) is 10.8 Å². The van der Waals surface area contributed by atoms with E-state index in [1.54, 1.807) is 0 Å². The molecule has 7 heteroatoms. The van der Waals surface area contributed by atoms with E-state index in [1.807, 2.05) is 0 Å². The number of fused-ring (bicyclic) bond motifs is 1. The molecule has 1 aliphatic carbocycles. The van der Waals surface area contributed by atoms with Gasteiger partial charge in [0.25, 0.3) is 0 Å². The van der Waals surface area contributed by atoms with Crippen LogP contribution in [0.3, 0.4) is 0 Å². The lowest BCUT2D eigenvalue weighted by Crippen LogP contribution is -2.20. The third-order valence-electron chi connectivity index (χ3n) is 4.10. The molecular formula is C16H16F2N2O3. The van der Waals surface area contributed by atoms with E-state index in [2.05, 4.69) is 0 Å². The Bertz CT molecular complexity index is 857. The monoisotopic (exact) mass is 322 g/mol. The van der Waals surface area contributed by atoms with Crippen molar-refractivity contribution in [3.8, 4) is 0 Å². The van der Waals surface area contributed by atoms with E-state index in [9.17, 15) is 18.4 Å². The topological polar surface area (TPSA) is 85.3 Å². The second-order valence-electron chi connectivity index (χ2n) is 5.75. The first-order chi connectivity index (χ1) is 11.0. The fraction of sp³-hybridized carbons (Fsp3) is 0.375. The molecule has 0 aliphatic heterocycles. The Morgan fingerprint density at radius 3 is 2.65 bits per heavy atom. The lowest BCUT2D eigenvalue weighted by molar-refractivity contribution is 0.0695. The summed E-state index contributed by atoms with van der Waals surface area (Å²) in [6.45, 7) is 0.296. The minimum Gasteiger partial charge on any atom is -0.477 e. The molecular weight excluding hydrogens is 306 g/mol. The minimum absolute atomic E-state index is 0.0177. The average molecular weight is 322 g/mol. The molecule has 1 heterocycles. The Morgan fingerprint density at radius 2 is 2.09 bits per heavy atom. The molecule has 0 radical (unpaired) electrons. The maximum Gasteiger partial charge on any atom is 0.341 e. The summed E-state index contributed by atoms with van der Waals surface area (Å²) >= 11 is 0. The van der Waals surface area contributed by atoms with E-state index in [0.29, 0.717) is 13.0 Å². The standard InChI is InChI=1S/C16H16F2N2O3/c17-12-6-10-14(13(18)9(12)2-1-5-19)20(8-3-4-8)7-11(15(10)21)16(22)23/h6-8H,1-5,19H2,(H,22,23). The Labute approximate surface area is 130 Å². The lowest BCUT2D eigenvalue weighted by atomic mass is 10.0. The Balaban J connectivity index is 2.35. The molecule has 122 valence electrons. The zero-order valence-electron chi connectivity index (χ0n) is 12.3. The Kier molecular flexibility index (Phi) is 3.89. The molecule has 1 fully saturated rings. The number of carboxylic acids is 1. The van der Waals surface area contributed by atoms with Gasteiger partial charge in [-0.05, 0) is 38.3 Å². The molecule has 1 aromatic carbocycles. The summed E-state index contributed by atoms with van der Waals surface area (Å²) < 4.78 is 30.5. The molecule has 0 unspecified atom stereocenters. The summed E-state index contributed by atoms with van der Waals surface area (Å²) in [7, 11) is 0. The quantitative estimate of drug-likeness (QED) is 0.884. The summed E-state index contributed by atoms with van der Waals surface area (Å²) in [6.07, 6.45) is 3.25. The van der Waals surface area contributed by atoms with Gasteiger partial charge in [0.1, 0.15) is 11.4 Å². The van der Waals surface area contributed by atoms with Crippen LogP contribution < -0.4 is 11.2 Å². The molecule has 1 saturated carbocycles. The van der Waals surface area contributed by atoms with Gasteiger partial charge in [-0.25, -0.2) is 13.6 Å². The van der Waals surface area contributed by atoms with Gasteiger partial charge in [-0.15, -0.1) is 0 Å². The van der Waals surface area contributed by atoms with E-state index < -0.39 is 28.6 Å². The number of nitrogens with two attached hydrogens (primary N) is 1. The summed E-state index contributed by atoms with van der Waals surface area (Å²) in [6, 6.07) is 0.885. The van der Waals surface area contributed by atoms with Crippen LogP contribution in [0.2, 0.25) is 0 Å². The van der Waals surface area contributed by atoms with E-state index in [-0.39, 0.29) is 28.9 Å². The Morgan fingerprint density at radius 1 is 1.39 bits per heavy atom. The van der Waals surface area contributed by atoms with Gasteiger partial charge in [-0.2, -0.15) is 0 Å². The van der Waals surface area contributed by atoms with Crippen molar-refractivity contribution in [2.75, 3.05) is 6.54 Å². The number of aromatic carboxylic acids is 1. The largest absolute Gasteiger partial charge is 0.477 e. The summed E-state index contributed by atoms with van der Waals surface area (Å²) in [4.78, 5) is 23.5. The van der Waals surface area contributed by atoms with Crippen LogP contribution >= 0.6 is 0 Å². The zero-order valence-corrected chi connectivity index (χ0v) is 12.3. The number of pyridine rings is 1. The molecule has 1 aromatic heterocycles. The number of aromatic nitrogens is 1. The molecule has 0 bridgehead atoms. The van der Waals surface area contributed by atoms with Crippen molar-refractivity contribution in [1.29, 1.82) is 0 Å². The van der Waals surface area contributed by atoms with Gasteiger partial charge in [-0.1, -0.05) is 0 Å². The number of halogens is 2. The fourth-order valence-electron chi connectivity index (χ4n) is 2.78. The highest BCUT2D eigenvalue weighted by Crippen LogP contribution is 2.38. The normalized spacial score (nSPS) is 14.4. The van der Waals surface area contributed by atoms with Crippen molar-refractivity contribution >= 4 is 16.9 Å². The lowest BCUT2D eigenvalue weighted by Gasteiger charge is -2.15. The van der Waals surface area contributed by atoms with Crippen LogP contribution in [0, 0.1) is 11.6 Å². The first-order valence-electron chi connectivity index (χ1n) is 7.44. The minimum atomic E-state index is -1.40.